The fraction of sp³-hybridized carbons (Fsp3) is 0.545. The van der Waals surface area contributed by atoms with Crippen molar-refractivity contribution >= 4 is 10.8 Å². The number of ether oxygens (including phenoxy) is 1. The summed E-state index contributed by atoms with van der Waals surface area (Å²) in [5.41, 5.74) is 1.09. The fourth-order valence-electron chi connectivity index (χ4n) is 1.17. The van der Waals surface area contributed by atoms with Crippen LogP contribution in [0.25, 0.3) is 0 Å². The molecule has 0 aromatic carbocycles. The molecule has 0 fully saturated rings. The van der Waals surface area contributed by atoms with Crippen LogP contribution in [0.3, 0.4) is 0 Å². The summed E-state index contributed by atoms with van der Waals surface area (Å²) in [6.45, 7) is 3.45. The van der Waals surface area contributed by atoms with Gasteiger partial charge in [-0.2, -0.15) is 0 Å². The van der Waals surface area contributed by atoms with Gasteiger partial charge in [0.1, 0.15) is 0 Å². The van der Waals surface area contributed by atoms with Crippen molar-refractivity contribution < 1.29 is 8.95 Å². The summed E-state index contributed by atoms with van der Waals surface area (Å²) in [6.07, 6.45) is 3.50. The van der Waals surface area contributed by atoms with Crippen LogP contribution in [0.2, 0.25) is 0 Å². The highest BCUT2D eigenvalue weighted by Crippen LogP contribution is 2.06. The molecule has 0 saturated carbocycles. The lowest BCUT2D eigenvalue weighted by molar-refractivity contribution is 0.397. The Morgan fingerprint density at radius 2 is 2.31 bits per heavy atom. The highest BCUT2D eigenvalue weighted by molar-refractivity contribution is 7.84. The van der Waals surface area contributed by atoms with Crippen LogP contribution in [0.5, 0.6) is 5.88 Å². The Kier molecular flexibility index (Phi) is 5.42. The number of rotatable bonds is 6. The molecule has 4 nitrogen and oxygen atoms in total. The molecule has 0 saturated heterocycles. The van der Waals surface area contributed by atoms with Crippen LogP contribution in [0.15, 0.2) is 18.3 Å². The maximum atomic E-state index is 11.1. The molecule has 2 unspecified atom stereocenters. The van der Waals surface area contributed by atoms with Crippen LogP contribution in [0.1, 0.15) is 12.5 Å². The van der Waals surface area contributed by atoms with Crippen molar-refractivity contribution in [3.63, 3.8) is 0 Å². The summed E-state index contributed by atoms with van der Waals surface area (Å²) >= 11 is 0. The van der Waals surface area contributed by atoms with E-state index in [2.05, 4.69) is 10.3 Å². The molecule has 1 rings (SSSR count). The molecular weight excluding hydrogens is 224 g/mol. The molecule has 1 aromatic rings. The second-order valence-electron chi connectivity index (χ2n) is 3.65. The second kappa shape index (κ2) is 6.60. The van der Waals surface area contributed by atoms with Crippen LogP contribution >= 0.6 is 0 Å². The SMILES string of the molecule is COc1ccc(CNCC(C)S(C)=O)cn1. The van der Waals surface area contributed by atoms with Gasteiger partial charge in [-0.25, -0.2) is 4.98 Å². The van der Waals surface area contributed by atoms with E-state index in [9.17, 15) is 4.21 Å². The first-order valence-corrected chi connectivity index (χ1v) is 6.77. The highest BCUT2D eigenvalue weighted by atomic mass is 32.2. The van der Waals surface area contributed by atoms with E-state index >= 15 is 0 Å². The summed E-state index contributed by atoms with van der Waals surface area (Å²) in [5.74, 6) is 0.617. The largest absolute Gasteiger partial charge is 0.481 e. The third kappa shape index (κ3) is 4.28. The van der Waals surface area contributed by atoms with E-state index in [1.54, 1.807) is 19.6 Å². The average Bonchev–Trinajstić information content (AvgIpc) is 2.29. The monoisotopic (exact) mass is 242 g/mol. The Labute approximate surface area is 98.9 Å². The minimum absolute atomic E-state index is 0.172. The van der Waals surface area contributed by atoms with Gasteiger partial charge < -0.3 is 10.1 Å². The molecule has 2 atom stereocenters. The standard InChI is InChI=1S/C11H18N2O2S/c1-9(16(3)14)6-12-7-10-4-5-11(15-2)13-8-10/h4-5,8-9,12H,6-7H2,1-3H3. The van der Waals surface area contributed by atoms with Gasteiger partial charge >= 0.3 is 0 Å². The minimum Gasteiger partial charge on any atom is -0.481 e. The van der Waals surface area contributed by atoms with Crippen LogP contribution < -0.4 is 10.1 Å². The van der Waals surface area contributed by atoms with Crippen molar-refractivity contribution in [1.82, 2.24) is 10.3 Å². The molecule has 5 heteroatoms. The molecule has 0 aliphatic heterocycles. The highest BCUT2D eigenvalue weighted by Gasteiger charge is 2.04. The van der Waals surface area contributed by atoms with Gasteiger partial charge in [-0.1, -0.05) is 6.07 Å². The summed E-state index contributed by atoms with van der Waals surface area (Å²) in [7, 11) is 0.824. The average molecular weight is 242 g/mol. The van der Waals surface area contributed by atoms with Crippen LogP contribution in [-0.4, -0.2) is 34.4 Å². The Hall–Kier alpha value is -0.940. The summed E-state index contributed by atoms with van der Waals surface area (Å²) < 4.78 is 16.1. The summed E-state index contributed by atoms with van der Waals surface area (Å²) in [6, 6.07) is 3.80. The van der Waals surface area contributed by atoms with E-state index < -0.39 is 10.8 Å². The summed E-state index contributed by atoms with van der Waals surface area (Å²) in [5, 5.41) is 3.42. The van der Waals surface area contributed by atoms with E-state index in [4.69, 9.17) is 4.74 Å². The van der Waals surface area contributed by atoms with Crippen molar-refractivity contribution in [3.8, 4) is 5.88 Å². The van der Waals surface area contributed by atoms with Crippen molar-refractivity contribution in [1.29, 1.82) is 0 Å². The minimum atomic E-state index is -0.771. The Morgan fingerprint density at radius 1 is 1.56 bits per heavy atom. The third-order valence-corrected chi connectivity index (χ3v) is 3.63. The van der Waals surface area contributed by atoms with Crippen LogP contribution in [-0.2, 0) is 17.3 Å². The number of hydrogen-bond acceptors (Lipinski definition) is 4. The van der Waals surface area contributed by atoms with E-state index in [0.717, 1.165) is 18.7 Å². The zero-order chi connectivity index (χ0) is 12.0. The van der Waals surface area contributed by atoms with Gasteiger partial charge in [0.2, 0.25) is 5.88 Å². The van der Waals surface area contributed by atoms with Gasteiger partial charge in [-0.3, -0.25) is 4.21 Å². The zero-order valence-corrected chi connectivity index (χ0v) is 10.7. The second-order valence-corrected chi connectivity index (χ2v) is 5.45. The van der Waals surface area contributed by atoms with Crippen LogP contribution in [0, 0.1) is 0 Å². The van der Waals surface area contributed by atoms with E-state index in [1.165, 1.54) is 0 Å². The zero-order valence-electron chi connectivity index (χ0n) is 9.90. The lowest BCUT2D eigenvalue weighted by atomic mass is 10.3. The number of aromatic nitrogens is 1. The maximum Gasteiger partial charge on any atom is 0.212 e. The normalized spacial score (nSPS) is 14.4. The van der Waals surface area contributed by atoms with Crippen LogP contribution in [0.4, 0.5) is 0 Å². The number of hydrogen-bond donors (Lipinski definition) is 1. The molecule has 0 bridgehead atoms. The number of methoxy groups -OCH3 is 1. The molecule has 1 aromatic heterocycles. The lowest BCUT2D eigenvalue weighted by Crippen LogP contribution is -2.27. The Bertz CT molecular complexity index is 340. The van der Waals surface area contributed by atoms with Gasteiger partial charge in [0.15, 0.2) is 0 Å². The Balaban J connectivity index is 2.34. The van der Waals surface area contributed by atoms with E-state index in [-0.39, 0.29) is 5.25 Å². The fourth-order valence-corrected chi connectivity index (χ4v) is 1.53. The topological polar surface area (TPSA) is 51.2 Å². The van der Waals surface area contributed by atoms with Crippen molar-refractivity contribution in [2.24, 2.45) is 0 Å². The van der Waals surface area contributed by atoms with Gasteiger partial charge in [-0.15, -0.1) is 0 Å². The third-order valence-electron chi connectivity index (χ3n) is 2.33. The molecule has 0 amide bonds. The van der Waals surface area contributed by atoms with Gasteiger partial charge in [0.05, 0.1) is 7.11 Å². The molecule has 0 spiro atoms. The smallest absolute Gasteiger partial charge is 0.212 e. The molecule has 0 radical (unpaired) electrons. The molecule has 16 heavy (non-hydrogen) atoms. The number of pyridine rings is 1. The van der Waals surface area contributed by atoms with Gasteiger partial charge in [-0.05, 0) is 12.5 Å². The predicted octanol–water partition coefficient (Wildman–Crippen LogP) is 0.947. The maximum absolute atomic E-state index is 11.1. The quantitative estimate of drug-likeness (QED) is 0.807. The molecule has 0 aliphatic rings. The molecule has 0 aliphatic carbocycles. The molecular formula is C11H18N2O2S. The lowest BCUT2D eigenvalue weighted by Gasteiger charge is -2.09. The molecule has 1 heterocycles. The first kappa shape index (κ1) is 13.1. The first-order chi connectivity index (χ1) is 7.63. The van der Waals surface area contributed by atoms with Gasteiger partial charge in [0, 0.05) is 47.7 Å². The molecule has 1 N–H and O–H groups in total. The van der Waals surface area contributed by atoms with Gasteiger partial charge in [0.25, 0.3) is 0 Å². The summed E-state index contributed by atoms with van der Waals surface area (Å²) in [4.78, 5) is 4.11. The van der Waals surface area contributed by atoms with Crippen molar-refractivity contribution in [2.45, 2.75) is 18.7 Å². The first-order valence-electron chi connectivity index (χ1n) is 5.15. The van der Waals surface area contributed by atoms with E-state index in [0.29, 0.717) is 5.88 Å². The predicted molar refractivity (Wildman–Crippen MR) is 66.0 cm³/mol. The number of nitrogens with zero attached hydrogens (tertiary/aromatic N) is 1. The van der Waals surface area contributed by atoms with Crippen molar-refractivity contribution in [2.75, 3.05) is 19.9 Å². The van der Waals surface area contributed by atoms with E-state index in [1.807, 2.05) is 19.1 Å². The van der Waals surface area contributed by atoms with Crippen molar-refractivity contribution in [3.05, 3.63) is 23.9 Å². The molecule has 90 valence electrons. The Morgan fingerprint density at radius 3 is 2.81 bits per heavy atom. The number of nitrogens with one attached hydrogen (secondary N) is 1.